The summed E-state index contributed by atoms with van der Waals surface area (Å²) in [5.74, 6) is 0.511. The summed E-state index contributed by atoms with van der Waals surface area (Å²) in [7, 11) is -2.97. The fraction of sp³-hybridized carbons (Fsp3) is 1.00. The third kappa shape index (κ3) is 2.28. The van der Waals surface area contributed by atoms with Crippen LogP contribution in [0, 0.1) is 5.92 Å². The Morgan fingerprint density at radius 1 is 1.07 bits per heavy atom. The van der Waals surface area contributed by atoms with E-state index >= 15 is 0 Å². The maximum Gasteiger partial charge on any atom is 0.214 e. The molecule has 3 nitrogen and oxygen atoms in total. The summed E-state index contributed by atoms with van der Waals surface area (Å²) in [6.45, 7) is 2.15. The quantitative estimate of drug-likeness (QED) is 0.781. The Balaban J connectivity index is 1.95. The van der Waals surface area contributed by atoms with E-state index in [4.69, 9.17) is 0 Å². The fourth-order valence-corrected chi connectivity index (χ4v) is 3.90. The van der Waals surface area contributed by atoms with Crippen molar-refractivity contribution in [1.29, 1.82) is 0 Å². The van der Waals surface area contributed by atoms with Crippen LogP contribution in [0.15, 0.2) is 0 Å². The van der Waals surface area contributed by atoms with Gasteiger partial charge >= 0.3 is 0 Å². The fourth-order valence-electron chi connectivity index (χ4n) is 2.18. The van der Waals surface area contributed by atoms with Gasteiger partial charge in [-0.05, 0) is 31.6 Å². The number of hydrogen-bond donors (Lipinski definition) is 1. The molecule has 2 atom stereocenters. The third-order valence-corrected chi connectivity index (χ3v) is 5.37. The van der Waals surface area contributed by atoms with Crippen LogP contribution in [0.25, 0.3) is 0 Å². The van der Waals surface area contributed by atoms with Crippen molar-refractivity contribution in [1.82, 2.24) is 4.72 Å². The lowest BCUT2D eigenvalue weighted by Gasteiger charge is -2.29. The van der Waals surface area contributed by atoms with Gasteiger partial charge in [0.1, 0.15) is 0 Å². The second-order valence-corrected chi connectivity index (χ2v) is 6.72. The minimum Gasteiger partial charge on any atom is -0.212 e. The molecule has 0 heterocycles. The molecule has 0 aromatic carbocycles. The summed E-state index contributed by atoms with van der Waals surface area (Å²) in [6, 6.07) is 0.203. The topological polar surface area (TPSA) is 46.2 Å². The number of sulfonamides is 1. The molecular formula is C10H19NO2S. The molecule has 2 aliphatic rings. The van der Waals surface area contributed by atoms with E-state index in [1.807, 2.05) is 0 Å². The number of nitrogens with one attached hydrogen (secondary N) is 1. The van der Waals surface area contributed by atoms with Crippen LogP contribution in [0.2, 0.25) is 0 Å². The Labute approximate surface area is 86.3 Å². The van der Waals surface area contributed by atoms with Crippen molar-refractivity contribution in [2.24, 2.45) is 5.92 Å². The lowest BCUT2D eigenvalue weighted by molar-refractivity contribution is 0.310. The molecular weight excluding hydrogens is 198 g/mol. The first-order valence-corrected chi connectivity index (χ1v) is 7.15. The summed E-state index contributed by atoms with van der Waals surface area (Å²) in [4.78, 5) is 0. The maximum atomic E-state index is 11.7. The van der Waals surface area contributed by atoms with Gasteiger partial charge in [-0.3, -0.25) is 0 Å². The van der Waals surface area contributed by atoms with E-state index in [-0.39, 0.29) is 11.3 Å². The van der Waals surface area contributed by atoms with Gasteiger partial charge in [-0.2, -0.15) is 0 Å². The molecule has 4 heteroatoms. The molecule has 0 bridgehead atoms. The van der Waals surface area contributed by atoms with E-state index in [9.17, 15) is 8.42 Å². The van der Waals surface area contributed by atoms with Gasteiger partial charge in [-0.1, -0.05) is 19.8 Å². The first-order chi connectivity index (χ1) is 6.59. The molecule has 2 saturated carbocycles. The third-order valence-electron chi connectivity index (χ3n) is 3.39. The summed E-state index contributed by atoms with van der Waals surface area (Å²) in [5.41, 5.74) is 0. The van der Waals surface area contributed by atoms with Crippen LogP contribution in [0.5, 0.6) is 0 Å². The minimum absolute atomic E-state index is 0.0726. The van der Waals surface area contributed by atoms with Crippen LogP contribution in [-0.2, 0) is 10.0 Å². The smallest absolute Gasteiger partial charge is 0.212 e. The summed E-state index contributed by atoms with van der Waals surface area (Å²) in [5, 5.41) is -0.0726. The Hall–Kier alpha value is -0.0900. The largest absolute Gasteiger partial charge is 0.214 e. The summed E-state index contributed by atoms with van der Waals surface area (Å²) < 4.78 is 26.3. The first-order valence-electron chi connectivity index (χ1n) is 5.61. The highest BCUT2D eigenvalue weighted by molar-refractivity contribution is 7.90. The Bertz CT molecular complexity index is 295. The molecule has 0 aliphatic heterocycles. The van der Waals surface area contributed by atoms with Crippen molar-refractivity contribution in [2.45, 2.75) is 56.7 Å². The van der Waals surface area contributed by atoms with E-state index in [2.05, 4.69) is 11.6 Å². The van der Waals surface area contributed by atoms with Gasteiger partial charge in [0.25, 0.3) is 0 Å². The number of rotatable bonds is 3. The van der Waals surface area contributed by atoms with Crippen molar-refractivity contribution >= 4 is 10.0 Å². The SMILES string of the molecule is CC1CCCCC1NS(=O)(=O)C1CC1. The molecule has 2 fully saturated rings. The van der Waals surface area contributed by atoms with Crippen LogP contribution in [-0.4, -0.2) is 19.7 Å². The zero-order valence-corrected chi connectivity index (χ0v) is 9.52. The van der Waals surface area contributed by atoms with E-state index in [1.54, 1.807) is 0 Å². The monoisotopic (exact) mass is 217 g/mol. The van der Waals surface area contributed by atoms with Crippen LogP contribution in [0.3, 0.4) is 0 Å². The van der Waals surface area contributed by atoms with Gasteiger partial charge < -0.3 is 0 Å². The van der Waals surface area contributed by atoms with Crippen molar-refractivity contribution in [2.75, 3.05) is 0 Å². The Kier molecular flexibility index (Phi) is 2.84. The highest BCUT2D eigenvalue weighted by Crippen LogP contribution is 2.30. The van der Waals surface area contributed by atoms with Crippen molar-refractivity contribution in [3.63, 3.8) is 0 Å². The van der Waals surface area contributed by atoms with Crippen molar-refractivity contribution in [3.05, 3.63) is 0 Å². The van der Waals surface area contributed by atoms with E-state index in [0.29, 0.717) is 5.92 Å². The molecule has 0 saturated heterocycles. The zero-order valence-electron chi connectivity index (χ0n) is 8.70. The Morgan fingerprint density at radius 2 is 1.71 bits per heavy atom. The van der Waals surface area contributed by atoms with Gasteiger partial charge in [0.15, 0.2) is 0 Å². The molecule has 2 unspecified atom stereocenters. The predicted molar refractivity (Wildman–Crippen MR) is 56.5 cm³/mol. The van der Waals surface area contributed by atoms with Gasteiger partial charge in [-0.25, -0.2) is 13.1 Å². The van der Waals surface area contributed by atoms with Crippen LogP contribution in [0.1, 0.15) is 45.4 Å². The second kappa shape index (κ2) is 3.81. The first kappa shape index (κ1) is 10.4. The maximum absolute atomic E-state index is 11.7. The summed E-state index contributed by atoms with van der Waals surface area (Å²) in [6.07, 6.45) is 6.32. The predicted octanol–water partition coefficient (Wildman–Crippen LogP) is 1.65. The highest BCUT2D eigenvalue weighted by Gasteiger charge is 2.38. The van der Waals surface area contributed by atoms with Gasteiger partial charge in [0, 0.05) is 6.04 Å². The molecule has 1 N–H and O–H groups in total. The van der Waals surface area contributed by atoms with Crippen molar-refractivity contribution in [3.8, 4) is 0 Å². The molecule has 0 radical (unpaired) electrons. The Morgan fingerprint density at radius 3 is 2.29 bits per heavy atom. The molecule has 2 aliphatic carbocycles. The van der Waals surface area contributed by atoms with E-state index in [0.717, 1.165) is 25.7 Å². The van der Waals surface area contributed by atoms with Gasteiger partial charge in [-0.15, -0.1) is 0 Å². The van der Waals surface area contributed by atoms with E-state index < -0.39 is 10.0 Å². The minimum atomic E-state index is -2.97. The second-order valence-electron chi connectivity index (χ2n) is 4.73. The summed E-state index contributed by atoms with van der Waals surface area (Å²) >= 11 is 0. The van der Waals surface area contributed by atoms with Crippen LogP contribution >= 0.6 is 0 Å². The normalized spacial score (nSPS) is 34.4. The van der Waals surface area contributed by atoms with Crippen LogP contribution < -0.4 is 4.72 Å². The average Bonchev–Trinajstić information content (AvgIpc) is 2.91. The van der Waals surface area contributed by atoms with Gasteiger partial charge in [0.2, 0.25) is 10.0 Å². The highest BCUT2D eigenvalue weighted by atomic mass is 32.2. The zero-order chi connectivity index (χ0) is 10.2. The molecule has 82 valence electrons. The van der Waals surface area contributed by atoms with Gasteiger partial charge in [0.05, 0.1) is 5.25 Å². The lowest BCUT2D eigenvalue weighted by Crippen LogP contribution is -2.42. The molecule has 2 rings (SSSR count). The molecule has 14 heavy (non-hydrogen) atoms. The standard InChI is InChI=1S/C10H19NO2S/c1-8-4-2-3-5-10(8)11-14(12,13)9-6-7-9/h8-11H,2-7H2,1H3. The number of hydrogen-bond acceptors (Lipinski definition) is 2. The molecule has 0 aromatic rings. The average molecular weight is 217 g/mol. The molecule has 0 spiro atoms. The molecule has 0 amide bonds. The van der Waals surface area contributed by atoms with Crippen molar-refractivity contribution < 1.29 is 8.42 Å². The van der Waals surface area contributed by atoms with Crippen LogP contribution in [0.4, 0.5) is 0 Å². The molecule has 0 aromatic heterocycles. The van der Waals surface area contributed by atoms with E-state index in [1.165, 1.54) is 12.8 Å². The lowest BCUT2D eigenvalue weighted by atomic mass is 9.87.